The van der Waals surface area contributed by atoms with Gasteiger partial charge in [-0.05, 0) is 60.3 Å². The normalized spacial score (nSPS) is 11.3. The summed E-state index contributed by atoms with van der Waals surface area (Å²) < 4.78 is 40.8. The molecule has 0 spiro atoms. The summed E-state index contributed by atoms with van der Waals surface area (Å²) in [6, 6.07) is 11.9. The Kier molecular flexibility index (Phi) is 5.74. The highest BCUT2D eigenvalue weighted by atomic mass is 35.5. The molecule has 0 saturated heterocycles. The molecule has 9 heteroatoms. The van der Waals surface area contributed by atoms with Crippen LogP contribution in [0.3, 0.4) is 0 Å². The maximum atomic E-state index is 13.7. The molecule has 1 amide bonds. The maximum Gasteiger partial charge on any atom is 0.267 e. The lowest BCUT2D eigenvalue weighted by molar-refractivity contribution is 0.102. The van der Waals surface area contributed by atoms with Crippen LogP contribution in [0.4, 0.5) is 15.8 Å². The quantitative estimate of drug-likeness (QED) is 0.614. The number of nitrogens with zero attached hydrogens (tertiary/aromatic N) is 1. The fourth-order valence-corrected chi connectivity index (χ4v) is 5.08. The Morgan fingerprint density at radius 2 is 1.82 bits per heavy atom. The minimum absolute atomic E-state index is 0.0156. The number of sulfonamides is 1. The summed E-state index contributed by atoms with van der Waals surface area (Å²) in [5.74, 6) is -1.08. The van der Waals surface area contributed by atoms with Gasteiger partial charge in [0.15, 0.2) is 0 Å². The van der Waals surface area contributed by atoms with Crippen molar-refractivity contribution in [3.63, 3.8) is 0 Å². The number of halogens is 2. The molecule has 0 saturated carbocycles. The van der Waals surface area contributed by atoms with E-state index in [2.05, 4.69) is 5.32 Å². The number of anilines is 2. The van der Waals surface area contributed by atoms with Gasteiger partial charge in [-0.1, -0.05) is 17.7 Å². The smallest absolute Gasteiger partial charge is 0.267 e. The molecule has 2 aromatic carbocycles. The van der Waals surface area contributed by atoms with Crippen LogP contribution in [-0.2, 0) is 10.0 Å². The number of aryl methyl sites for hydroxylation is 1. The number of thiophene rings is 1. The molecule has 28 heavy (non-hydrogen) atoms. The van der Waals surface area contributed by atoms with Crippen molar-refractivity contribution in [1.29, 1.82) is 0 Å². The fourth-order valence-electron chi connectivity index (χ4n) is 2.46. The molecule has 3 aromatic rings. The average Bonchev–Trinajstić information content (AvgIpc) is 3.16. The van der Waals surface area contributed by atoms with Crippen molar-refractivity contribution in [3.8, 4) is 0 Å². The van der Waals surface area contributed by atoms with Crippen molar-refractivity contribution < 1.29 is 17.6 Å². The second-order valence-corrected chi connectivity index (χ2v) is 9.27. The van der Waals surface area contributed by atoms with Crippen LogP contribution in [0.5, 0.6) is 0 Å². The van der Waals surface area contributed by atoms with Crippen LogP contribution in [0.2, 0.25) is 5.02 Å². The van der Waals surface area contributed by atoms with E-state index in [0.29, 0.717) is 16.3 Å². The van der Waals surface area contributed by atoms with Gasteiger partial charge in [0.2, 0.25) is 0 Å². The van der Waals surface area contributed by atoms with E-state index in [1.807, 2.05) is 0 Å². The summed E-state index contributed by atoms with van der Waals surface area (Å²) in [6.45, 7) is 1.61. The number of hydrogen-bond donors (Lipinski definition) is 1. The summed E-state index contributed by atoms with van der Waals surface area (Å²) in [5, 5.41) is 4.55. The predicted octanol–water partition coefficient (Wildman–Crippen LogP) is 4.93. The molecule has 0 atom stereocenters. The van der Waals surface area contributed by atoms with Crippen molar-refractivity contribution in [3.05, 3.63) is 75.2 Å². The predicted molar refractivity (Wildman–Crippen MR) is 110 cm³/mol. The largest absolute Gasteiger partial charge is 0.321 e. The third-order valence-electron chi connectivity index (χ3n) is 4.09. The van der Waals surface area contributed by atoms with E-state index < -0.39 is 21.7 Å². The summed E-state index contributed by atoms with van der Waals surface area (Å²) in [5.41, 5.74) is 1.10. The standard InChI is InChI=1S/C19H16ClFN2O3S2/c1-12-3-6-14(11-16(12)21)22-19(24)18-17(9-10-27-18)28(25,26)23(2)15-7-4-13(20)5-8-15/h3-11H,1-2H3,(H,22,24). The van der Waals surface area contributed by atoms with Crippen LogP contribution in [-0.4, -0.2) is 21.4 Å². The van der Waals surface area contributed by atoms with Gasteiger partial charge in [-0.25, -0.2) is 12.8 Å². The SMILES string of the molecule is Cc1ccc(NC(=O)c2sccc2S(=O)(=O)N(C)c2ccc(Cl)cc2)cc1F. The van der Waals surface area contributed by atoms with Crippen LogP contribution in [0.1, 0.15) is 15.2 Å². The molecule has 1 aromatic heterocycles. The summed E-state index contributed by atoms with van der Waals surface area (Å²) in [6.07, 6.45) is 0. The molecule has 0 fully saturated rings. The average molecular weight is 439 g/mol. The number of benzene rings is 2. The van der Waals surface area contributed by atoms with Gasteiger partial charge in [0.1, 0.15) is 15.6 Å². The number of amides is 1. The van der Waals surface area contributed by atoms with Gasteiger partial charge in [0.25, 0.3) is 15.9 Å². The van der Waals surface area contributed by atoms with Gasteiger partial charge < -0.3 is 5.32 Å². The van der Waals surface area contributed by atoms with Crippen LogP contribution in [0, 0.1) is 12.7 Å². The molecular formula is C19H16ClFN2O3S2. The second kappa shape index (κ2) is 7.90. The van der Waals surface area contributed by atoms with E-state index in [9.17, 15) is 17.6 Å². The van der Waals surface area contributed by atoms with Crippen LogP contribution in [0.25, 0.3) is 0 Å². The molecule has 146 valence electrons. The lowest BCUT2D eigenvalue weighted by atomic mass is 10.2. The minimum atomic E-state index is -3.98. The van der Waals surface area contributed by atoms with Gasteiger partial charge in [-0.15, -0.1) is 11.3 Å². The summed E-state index contributed by atoms with van der Waals surface area (Å²) in [7, 11) is -2.58. The molecule has 0 bridgehead atoms. The van der Waals surface area contributed by atoms with Crippen molar-refractivity contribution in [1.82, 2.24) is 0 Å². The zero-order chi connectivity index (χ0) is 20.5. The fraction of sp³-hybridized carbons (Fsp3) is 0.105. The summed E-state index contributed by atoms with van der Waals surface area (Å²) >= 11 is 6.84. The van der Waals surface area contributed by atoms with Crippen molar-refractivity contribution in [2.45, 2.75) is 11.8 Å². The maximum absolute atomic E-state index is 13.7. The number of carbonyl (C=O) groups is 1. The molecular weight excluding hydrogens is 423 g/mol. The first-order chi connectivity index (χ1) is 13.2. The van der Waals surface area contributed by atoms with Crippen LogP contribution in [0.15, 0.2) is 58.8 Å². The Labute approximate surface area is 171 Å². The van der Waals surface area contributed by atoms with Gasteiger partial charge in [-0.3, -0.25) is 9.10 Å². The molecule has 0 aliphatic carbocycles. The second-order valence-electron chi connectivity index (χ2n) is 5.98. The number of carbonyl (C=O) groups excluding carboxylic acids is 1. The number of nitrogens with one attached hydrogen (secondary N) is 1. The Bertz CT molecular complexity index is 1130. The Hall–Kier alpha value is -2.42. The molecule has 0 unspecified atom stereocenters. The van der Waals surface area contributed by atoms with Gasteiger partial charge in [0.05, 0.1) is 5.69 Å². The van der Waals surface area contributed by atoms with E-state index in [1.165, 1.54) is 30.6 Å². The first kappa shape index (κ1) is 20.3. The molecule has 0 aliphatic heterocycles. The van der Waals surface area contributed by atoms with Gasteiger partial charge in [0, 0.05) is 17.8 Å². The van der Waals surface area contributed by atoms with E-state index >= 15 is 0 Å². The van der Waals surface area contributed by atoms with Crippen molar-refractivity contribution in [2.75, 3.05) is 16.7 Å². The molecule has 0 radical (unpaired) electrons. The Balaban J connectivity index is 1.90. The lowest BCUT2D eigenvalue weighted by Gasteiger charge is -2.19. The topological polar surface area (TPSA) is 66.5 Å². The first-order valence-electron chi connectivity index (χ1n) is 8.09. The van der Waals surface area contributed by atoms with Crippen LogP contribution < -0.4 is 9.62 Å². The molecule has 0 aliphatic rings. The summed E-state index contributed by atoms with van der Waals surface area (Å²) in [4.78, 5) is 12.5. The molecule has 1 heterocycles. The van der Waals surface area contributed by atoms with E-state index in [0.717, 1.165) is 15.6 Å². The minimum Gasteiger partial charge on any atom is -0.321 e. The third-order valence-corrected chi connectivity index (χ3v) is 7.22. The Morgan fingerprint density at radius 3 is 2.46 bits per heavy atom. The highest BCUT2D eigenvalue weighted by Gasteiger charge is 2.28. The number of hydrogen-bond acceptors (Lipinski definition) is 4. The zero-order valence-corrected chi connectivity index (χ0v) is 17.3. The highest BCUT2D eigenvalue weighted by molar-refractivity contribution is 7.93. The van der Waals surface area contributed by atoms with E-state index in [1.54, 1.807) is 37.3 Å². The molecule has 3 rings (SSSR count). The zero-order valence-electron chi connectivity index (χ0n) is 14.9. The number of rotatable bonds is 5. The lowest BCUT2D eigenvalue weighted by Crippen LogP contribution is -2.28. The van der Waals surface area contributed by atoms with Gasteiger partial charge >= 0.3 is 0 Å². The van der Waals surface area contributed by atoms with E-state index in [-0.39, 0.29) is 15.5 Å². The van der Waals surface area contributed by atoms with Gasteiger partial charge in [-0.2, -0.15) is 0 Å². The highest BCUT2D eigenvalue weighted by Crippen LogP contribution is 2.29. The van der Waals surface area contributed by atoms with Crippen LogP contribution >= 0.6 is 22.9 Å². The first-order valence-corrected chi connectivity index (χ1v) is 10.8. The molecule has 5 nitrogen and oxygen atoms in total. The van der Waals surface area contributed by atoms with Crippen molar-refractivity contribution >= 4 is 50.2 Å². The molecule has 1 N–H and O–H groups in total. The third kappa shape index (κ3) is 4.04. The van der Waals surface area contributed by atoms with E-state index in [4.69, 9.17) is 11.6 Å². The monoisotopic (exact) mass is 438 g/mol. The van der Waals surface area contributed by atoms with Crippen molar-refractivity contribution in [2.24, 2.45) is 0 Å². The Morgan fingerprint density at radius 1 is 1.14 bits per heavy atom.